The van der Waals surface area contributed by atoms with Crippen LogP contribution in [0.25, 0.3) is 0 Å². The summed E-state index contributed by atoms with van der Waals surface area (Å²) in [7, 11) is 0. The van der Waals surface area contributed by atoms with E-state index >= 15 is 0 Å². The van der Waals surface area contributed by atoms with E-state index in [0.717, 1.165) is 0 Å². The standard InChI is InChI=1S/C9H10ClNO3/c1-2-14-8-4-3-6(5-7(8)10)11-9(12)13/h3-5,11H,2H2,1H3,(H,12,13). The van der Waals surface area contributed by atoms with Crippen LogP contribution in [-0.4, -0.2) is 17.8 Å². The first-order valence-electron chi connectivity index (χ1n) is 4.05. The number of benzene rings is 1. The molecule has 0 aliphatic carbocycles. The Morgan fingerprint density at radius 2 is 2.36 bits per heavy atom. The molecule has 0 saturated heterocycles. The zero-order chi connectivity index (χ0) is 10.6. The first-order valence-corrected chi connectivity index (χ1v) is 4.43. The number of anilines is 1. The number of carboxylic acid groups (broad SMARTS) is 1. The highest BCUT2D eigenvalue weighted by molar-refractivity contribution is 6.32. The van der Waals surface area contributed by atoms with E-state index in [9.17, 15) is 4.79 Å². The summed E-state index contributed by atoms with van der Waals surface area (Å²) in [6.45, 7) is 2.37. The van der Waals surface area contributed by atoms with Gasteiger partial charge >= 0.3 is 6.09 Å². The van der Waals surface area contributed by atoms with Crippen molar-refractivity contribution in [3.63, 3.8) is 0 Å². The maximum Gasteiger partial charge on any atom is 0.409 e. The van der Waals surface area contributed by atoms with Gasteiger partial charge in [0.05, 0.1) is 11.6 Å². The maximum atomic E-state index is 10.3. The van der Waals surface area contributed by atoms with Crippen LogP contribution in [0.15, 0.2) is 18.2 Å². The molecule has 0 aliphatic heterocycles. The lowest BCUT2D eigenvalue weighted by Gasteiger charge is -2.07. The molecular formula is C9H10ClNO3. The van der Waals surface area contributed by atoms with Gasteiger partial charge in [0, 0.05) is 5.69 Å². The Morgan fingerprint density at radius 1 is 1.64 bits per heavy atom. The normalized spacial score (nSPS) is 9.57. The molecule has 14 heavy (non-hydrogen) atoms. The minimum atomic E-state index is -1.12. The molecule has 4 nitrogen and oxygen atoms in total. The van der Waals surface area contributed by atoms with Gasteiger partial charge in [0.25, 0.3) is 0 Å². The number of rotatable bonds is 3. The second-order valence-electron chi connectivity index (χ2n) is 2.51. The van der Waals surface area contributed by atoms with Crippen LogP contribution in [0.1, 0.15) is 6.92 Å². The van der Waals surface area contributed by atoms with Gasteiger partial charge in [0.15, 0.2) is 0 Å². The molecule has 1 amide bonds. The second-order valence-corrected chi connectivity index (χ2v) is 2.92. The Kier molecular flexibility index (Phi) is 3.59. The average molecular weight is 216 g/mol. The van der Waals surface area contributed by atoms with E-state index in [4.69, 9.17) is 21.4 Å². The Balaban J connectivity index is 2.83. The van der Waals surface area contributed by atoms with Crippen molar-refractivity contribution in [2.45, 2.75) is 6.92 Å². The van der Waals surface area contributed by atoms with Gasteiger partial charge in [0.2, 0.25) is 0 Å². The Morgan fingerprint density at radius 3 is 2.86 bits per heavy atom. The van der Waals surface area contributed by atoms with Gasteiger partial charge < -0.3 is 9.84 Å². The molecule has 0 atom stereocenters. The molecule has 0 saturated carbocycles. The fourth-order valence-electron chi connectivity index (χ4n) is 0.975. The smallest absolute Gasteiger partial charge is 0.409 e. The summed E-state index contributed by atoms with van der Waals surface area (Å²) < 4.78 is 5.19. The molecule has 0 radical (unpaired) electrons. The van der Waals surface area contributed by atoms with E-state index in [0.29, 0.717) is 23.1 Å². The summed E-state index contributed by atoms with van der Waals surface area (Å²) in [5.74, 6) is 0.546. The van der Waals surface area contributed by atoms with E-state index in [1.807, 2.05) is 6.92 Å². The molecule has 0 unspecified atom stereocenters. The van der Waals surface area contributed by atoms with Gasteiger partial charge in [-0.25, -0.2) is 4.79 Å². The number of halogens is 1. The highest BCUT2D eigenvalue weighted by atomic mass is 35.5. The van der Waals surface area contributed by atoms with Crippen LogP contribution in [0.2, 0.25) is 5.02 Å². The predicted octanol–water partition coefficient (Wildman–Crippen LogP) is 2.83. The predicted molar refractivity (Wildman–Crippen MR) is 54.3 cm³/mol. The lowest BCUT2D eigenvalue weighted by molar-refractivity contribution is 0.209. The fourth-order valence-corrected chi connectivity index (χ4v) is 1.21. The topological polar surface area (TPSA) is 58.6 Å². The van der Waals surface area contributed by atoms with Gasteiger partial charge in [-0.2, -0.15) is 0 Å². The third kappa shape index (κ3) is 2.81. The van der Waals surface area contributed by atoms with Crippen molar-refractivity contribution >= 4 is 23.4 Å². The average Bonchev–Trinajstić information content (AvgIpc) is 2.09. The zero-order valence-corrected chi connectivity index (χ0v) is 8.34. The van der Waals surface area contributed by atoms with Gasteiger partial charge in [0.1, 0.15) is 5.75 Å². The van der Waals surface area contributed by atoms with Crippen LogP contribution in [-0.2, 0) is 0 Å². The van der Waals surface area contributed by atoms with E-state index in [1.54, 1.807) is 12.1 Å². The third-order valence-electron chi connectivity index (χ3n) is 1.48. The lowest BCUT2D eigenvalue weighted by Crippen LogP contribution is -2.07. The molecule has 0 aromatic heterocycles. The molecule has 2 N–H and O–H groups in total. The van der Waals surface area contributed by atoms with Gasteiger partial charge in [-0.15, -0.1) is 0 Å². The van der Waals surface area contributed by atoms with Crippen LogP contribution in [0.5, 0.6) is 5.75 Å². The summed E-state index contributed by atoms with van der Waals surface area (Å²) in [6.07, 6.45) is -1.12. The number of amides is 1. The zero-order valence-electron chi connectivity index (χ0n) is 7.58. The number of nitrogens with one attached hydrogen (secondary N) is 1. The van der Waals surface area contributed by atoms with Gasteiger partial charge in [-0.1, -0.05) is 11.6 Å². The van der Waals surface area contributed by atoms with Crippen molar-refractivity contribution in [3.05, 3.63) is 23.2 Å². The van der Waals surface area contributed by atoms with E-state index in [1.165, 1.54) is 6.07 Å². The summed E-state index contributed by atoms with van der Waals surface area (Å²) >= 11 is 5.83. The Hall–Kier alpha value is -1.42. The summed E-state index contributed by atoms with van der Waals surface area (Å²) in [5, 5.41) is 11.0. The van der Waals surface area contributed by atoms with Crippen molar-refractivity contribution in [2.75, 3.05) is 11.9 Å². The molecule has 0 bridgehead atoms. The van der Waals surface area contributed by atoms with E-state index in [2.05, 4.69) is 5.32 Å². The van der Waals surface area contributed by atoms with E-state index < -0.39 is 6.09 Å². The second kappa shape index (κ2) is 4.72. The molecule has 5 heteroatoms. The van der Waals surface area contributed by atoms with Crippen molar-refractivity contribution in [1.29, 1.82) is 0 Å². The van der Waals surface area contributed by atoms with Crippen molar-refractivity contribution in [3.8, 4) is 5.75 Å². The Bertz CT molecular complexity index is 341. The minimum Gasteiger partial charge on any atom is -0.492 e. The molecule has 1 aromatic carbocycles. The summed E-state index contributed by atoms with van der Waals surface area (Å²) in [5.41, 5.74) is 0.422. The quantitative estimate of drug-likeness (QED) is 0.815. The van der Waals surface area contributed by atoms with Crippen molar-refractivity contribution < 1.29 is 14.6 Å². The van der Waals surface area contributed by atoms with E-state index in [-0.39, 0.29) is 0 Å². The number of ether oxygens (including phenoxy) is 1. The van der Waals surface area contributed by atoms with Crippen LogP contribution in [0.3, 0.4) is 0 Å². The van der Waals surface area contributed by atoms with Crippen LogP contribution in [0, 0.1) is 0 Å². The van der Waals surface area contributed by atoms with Crippen LogP contribution < -0.4 is 10.1 Å². The maximum absolute atomic E-state index is 10.3. The monoisotopic (exact) mass is 215 g/mol. The molecule has 0 fully saturated rings. The number of hydrogen-bond donors (Lipinski definition) is 2. The SMILES string of the molecule is CCOc1ccc(NC(=O)O)cc1Cl. The number of carbonyl (C=O) groups is 1. The lowest BCUT2D eigenvalue weighted by atomic mass is 10.3. The highest BCUT2D eigenvalue weighted by Crippen LogP contribution is 2.27. The summed E-state index contributed by atoms with van der Waals surface area (Å²) in [6, 6.07) is 4.71. The number of hydrogen-bond acceptors (Lipinski definition) is 2. The van der Waals surface area contributed by atoms with Crippen molar-refractivity contribution in [1.82, 2.24) is 0 Å². The van der Waals surface area contributed by atoms with Crippen LogP contribution >= 0.6 is 11.6 Å². The molecule has 0 spiro atoms. The van der Waals surface area contributed by atoms with Crippen LogP contribution in [0.4, 0.5) is 10.5 Å². The molecule has 76 valence electrons. The van der Waals surface area contributed by atoms with Gasteiger partial charge in [-0.3, -0.25) is 5.32 Å². The first-order chi connectivity index (χ1) is 6.63. The minimum absolute atomic E-state index is 0.387. The summed E-state index contributed by atoms with van der Waals surface area (Å²) in [4.78, 5) is 10.3. The van der Waals surface area contributed by atoms with Gasteiger partial charge in [-0.05, 0) is 25.1 Å². The fraction of sp³-hybridized carbons (Fsp3) is 0.222. The van der Waals surface area contributed by atoms with Crippen molar-refractivity contribution in [2.24, 2.45) is 0 Å². The molecule has 0 heterocycles. The largest absolute Gasteiger partial charge is 0.492 e. The molecule has 1 aromatic rings. The molecule has 0 aliphatic rings. The first kappa shape index (κ1) is 10.7. The highest BCUT2D eigenvalue weighted by Gasteiger charge is 2.03. The Labute approximate surface area is 86.4 Å². The molecular weight excluding hydrogens is 206 g/mol. The molecule has 1 rings (SSSR count). The third-order valence-corrected chi connectivity index (χ3v) is 1.78.